The molecule has 0 bridgehead atoms. The molecule has 23 heteroatoms. The molecule has 486 valence electrons. The molecule has 2 aromatic heterocycles. The molecule has 2 fully saturated rings. The van der Waals surface area contributed by atoms with Crippen molar-refractivity contribution in [1.82, 2.24) is 30.1 Å². The molecule has 19 nitrogen and oxygen atoms in total. The number of aromatic nitrogens is 3. The lowest BCUT2D eigenvalue weighted by Crippen LogP contribution is -2.31. The number of allylic oxidation sites excluding steroid dienone is 2. The zero-order chi connectivity index (χ0) is 65.9. The molecule has 7 aromatic rings. The number of nitrogens with one attached hydrogen (secondary N) is 4. The van der Waals surface area contributed by atoms with Crippen molar-refractivity contribution < 1.29 is 52.1 Å². The summed E-state index contributed by atoms with van der Waals surface area (Å²) in [6, 6.07) is 35.3. The normalized spacial score (nSPS) is 13.6. The van der Waals surface area contributed by atoms with Crippen molar-refractivity contribution in [2.75, 3.05) is 68.9 Å². The summed E-state index contributed by atoms with van der Waals surface area (Å²) in [7, 11) is 1.52. The Kier molecular flexibility index (Phi) is 29.1. The van der Waals surface area contributed by atoms with Crippen LogP contribution in [0.5, 0.6) is 17.2 Å². The Morgan fingerprint density at radius 2 is 1.41 bits per heavy atom. The molecule has 2 amide bonds. The number of nitrogens with zero attached hydrogens (tertiary/aromatic N) is 6. The summed E-state index contributed by atoms with van der Waals surface area (Å²) >= 11 is 6.66. The van der Waals surface area contributed by atoms with Crippen molar-refractivity contribution in [2.24, 2.45) is 0 Å². The number of ether oxygens (including phenoxy) is 2. The van der Waals surface area contributed by atoms with Crippen LogP contribution in [-0.4, -0.2) is 118 Å². The first-order chi connectivity index (χ1) is 44.4. The van der Waals surface area contributed by atoms with E-state index in [9.17, 15) is 42.7 Å². The highest BCUT2D eigenvalue weighted by atomic mass is 79.9. The van der Waals surface area contributed by atoms with Gasteiger partial charge in [-0.05, 0) is 180 Å². The molecule has 2 saturated heterocycles. The van der Waals surface area contributed by atoms with Crippen molar-refractivity contribution >= 4 is 95.6 Å². The second-order valence-corrected chi connectivity index (χ2v) is 23.2. The molecule has 3 aliphatic rings. The molecule has 3 aliphatic heterocycles. The van der Waals surface area contributed by atoms with Crippen LogP contribution in [-0.2, 0) is 27.2 Å². The van der Waals surface area contributed by atoms with Crippen LogP contribution in [0.3, 0.4) is 0 Å². The number of aliphatic hydroxyl groups is 1. The highest BCUT2D eigenvalue weighted by Gasteiger charge is 2.21. The number of amides is 2. The van der Waals surface area contributed by atoms with Crippen molar-refractivity contribution in [3.63, 3.8) is 0 Å². The van der Waals surface area contributed by atoms with Gasteiger partial charge in [-0.1, -0.05) is 64.8 Å². The highest BCUT2D eigenvalue weighted by molar-refractivity contribution is 9.11. The Bertz CT molecular complexity index is 3820. The smallest absolute Gasteiger partial charge is 0.269 e. The van der Waals surface area contributed by atoms with E-state index in [1.165, 1.54) is 76.9 Å². The number of hydrogen-bond acceptors (Lipinski definition) is 17. The molecule has 0 atom stereocenters. The van der Waals surface area contributed by atoms with Crippen molar-refractivity contribution in [1.29, 1.82) is 5.26 Å². The van der Waals surface area contributed by atoms with Crippen LogP contribution >= 0.6 is 31.9 Å². The molecular formula is C70H74Br2F2N10O9. The number of fused-ring (bicyclic) bond motifs is 1. The Balaban J connectivity index is 0.000000209. The van der Waals surface area contributed by atoms with Crippen molar-refractivity contribution in [3.8, 4) is 23.3 Å². The summed E-state index contributed by atoms with van der Waals surface area (Å²) in [5.41, 5.74) is 4.67. The number of pyridine rings is 1. The number of Topliss-reactive ketones (excluding diaryl/α,β-unsaturated/α-hetero) is 4. The number of carbonyl (C=O) groups excluding carboxylic acids is 6. The van der Waals surface area contributed by atoms with Crippen LogP contribution in [0.25, 0.3) is 0 Å². The first-order valence-electron chi connectivity index (χ1n) is 29.7. The summed E-state index contributed by atoms with van der Waals surface area (Å²) in [5.74, 6) is -0.0823. The topological polar surface area (TPSA) is 258 Å². The number of anilines is 5. The van der Waals surface area contributed by atoms with Gasteiger partial charge >= 0.3 is 0 Å². The summed E-state index contributed by atoms with van der Waals surface area (Å²) < 4.78 is 39.9. The van der Waals surface area contributed by atoms with Gasteiger partial charge in [0.1, 0.15) is 52.8 Å². The first kappa shape index (κ1) is 72.7. The van der Waals surface area contributed by atoms with Gasteiger partial charge in [0.2, 0.25) is 11.9 Å². The number of halogens is 4. The van der Waals surface area contributed by atoms with Crippen LogP contribution in [0.4, 0.5) is 37.6 Å². The zero-order valence-electron chi connectivity index (χ0n) is 50.9. The molecular weight excluding hydrogens is 1320 g/mol. The quantitative estimate of drug-likeness (QED) is 0.0206. The van der Waals surface area contributed by atoms with E-state index in [1.54, 1.807) is 72.8 Å². The van der Waals surface area contributed by atoms with Gasteiger partial charge in [0.15, 0.2) is 34.8 Å². The lowest BCUT2D eigenvalue weighted by Gasteiger charge is -2.26. The molecule has 0 aliphatic carbocycles. The van der Waals surface area contributed by atoms with Gasteiger partial charge in [0, 0.05) is 101 Å². The minimum atomic E-state index is -0.650. The van der Waals surface area contributed by atoms with Gasteiger partial charge in [-0.25, -0.2) is 13.8 Å². The van der Waals surface area contributed by atoms with Gasteiger partial charge in [0.25, 0.3) is 5.91 Å². The number of ketones is 4. The second kappa shape index (κ2) is 37.2. The number of rotatable bonds is 20. The van der Waals surface area contributed by atoms with Crippen LogP contribution < -0.4 is 30.7 Å². The maximum Gasteiger partial charge on any atom is 0.269 e. The monoisotopic (exact) mass is 1390 g/mol. The third-order valence-electron chi connectivity index (χ3n) is 14.5. The molecule has 0 spiro atoms. The zero-order valence-corrected chi connectivity index (χ0v) is 54.1. The van der Waals surface area contributed by atoms with E-state index in [4.69, 9.17) is 14.7 Å². The van der Waals surface area contributed by atoms with Gasteiger partial charge in [0.05, 0.1) is 6.20 Å². The van der Waals surface area contributed by atoms with Gasteiger partial charge < -0.3 is 45.6 Å². The van der Waals surface area contributed by atoms with Crippen LogP contribution in [0.1, 0.15) is 108 Å². The Morgan fingerprint density at radius 3 is 2.04 bits per heavy atom. The number of piperidine rings is 2. The van der Waals surface area contributed by atoms with Crippen molar-refractivity contribution in [2.45, 2.75) is 78.6 Å². The maximum atomic E-state index is 14.4. The van der Waals surface area contributed by atoms with Crippen LogP contribution in [0, 0.1) is 23.0 Å². The molecule has 5 heterocycles. The van der Waals surface area contributed by atoms with E-state index in [-0.39, 0.29) is 84.2 Å². The number of hydrogen-bond donors (Lipinski definition) is 5. The van der Waals surface area contributed by atoms with Crippen LogP contribution in [0.2, 0.25) is 0 Å². The summed E-state index contributed by atoms with van der Waals surface area (Å²) in [5, 5.41) is 29.6. The standard InChI is InChI=1S/C26H22FN7O3.C17H21NO3.C14H18FNO.C12H9Br2NO2.CH4/c1-3-23(35)31-17-5-4-6-18(13-17)32-24-21(27)15-30-26(34-24)33-16-7-9-19(10-8-16)37-20-11-12-29-22(14-20)25(36)28-2;19-15-11-14-10-13(4-5-17(14)21-12-15)16(20)6-9-18-7-2-1-3-8-18;15-13-6-4-12(5-7-13)14(17)8-11-16-9-2-1-3-10-16;1-7(16)10(6-15)12(17)5-8-4-9(13)2-3-11(8)14;/h3-15H,1H2,2H3,(H,28,36)(H,31,35)(H2,30,32,33,34);4-5,10H,1-3,6-9,11-12H2;4-7H,1-3,8-11H2;2-4,17H,5H2,1H3;1H4. The van der Waals surface area contributed by atoms with E-state index in [0.717, 1.165) is 77.4 Å². The summed E-state index contributed by atoms with van der Waals surface area (Å²) in [6.45, 7) is 10.9. The number of benzene rings is 5. The molecule has 0 saturated carbocycles. The van der Waals surface area contributed by atoms with E-state index in [2.05, 4.69) is 84.5 Å². The second-order valence-electron chi connectivity index (χ2n) is 21.4. The molecule has 5 aromatic carbocycles. The maximum absolute atomic E-state index is 14.4. The fraction of sp³-hybridized carbons (Fsp3) is 0.286. The molecule has 5 N–H and O–H groups in total. The number of carbonyl (C=O) groups is 6. The molecule has 93 heavy (non-hydrogen) atoms. The largest absolute Gasteiger partial charge is 0.510 e. The number of aliphatic hydroxyl groups excluding tert-OH is 1. The average molecular weight is 1400 g/mol. The first-order valence-corrected chi connectivity index (χ1v) is 31.3. The van der Waals surface area contributed by atoms with E-state index in [1.807, 2.05) is 36.4 Å². The van der Waals surface area contributed by atoms with Crippen molar-refractivity contribution in [3.05, 3.63) is 206 Å². The fourth-order valence-electron chi connectivity index (χ4n) is 9.68. The van der Waals surface area contributed by atoms with E-state index >= 15 is 0 Å². The predicted octanol–water partition coefficient (Wildman–Crippen LogP) is 14.2. The molecule has 10 rings (SSSR count). The summed E-state index contributed by atoms with van der Waals surface area (Å²) in [6.07, 6.45) is 12.9. The molecule has 0 radical (unpaired) electrons. The van der Waals surface area contributed by atoms with Gasteiger partial charge in [-0.15, -0.1) is 0 Å². The number of likely N-dealkylation sites (tertiary alicyclic amines) is 2. The Labute approximate surface area is 557 Å². The third kappa shape index (κ3) is 23.7. The lowest BCUT2D eigenvalue weighted by atomic mass is 9.99. The minimum Gasteiger partial charge on any atom is -0.510 e. The minimum absolute atomic E-state index is 0. The number of nitriles is 1. The predicted molar refractivity (Wildman–Crippen MR) is 362 cm³/mol. The Morgan fingerprint density at radius 1 is 0.763 bits per heavy atom. The van der Waals surface area contributed by atoms with E-state index < -0.39 is 11.6 Å². The fourth-order valence-corrected chi connectivity index (χ4v) is 10.5. The van der Waals surface area contributed by atoms with Crippen LogP contribution in [0.15, 0.2) is 167 Å². The Hall–Kier alpha value is -9.34. The highest BCUT2D eigenvalue weighted by Crippen LogP contribution is 2.29. The van der Waals surface area contributed by atoms with E-state index in [0.29, 0.717) is 59.0 Å². The SMILES string of the molecule is C.C=CC(=O)Nc1cccc(Nc2nc(Nc3ccc(Oc4ccnc(C(=O)NC)c4)cc3)ncc2F)c1.CC(=O)C(C#N)=C(O)Cc1cc(Br)ccc1Br.O=C(CCN1CCCCC1)c1ccc(F)cc1.O=C1COc2ccc(C(=O)CCN3CCCCC3)cc2C1. The van der Waals surface area contributed by atoms with Gasteiger partial charge in [-0.2, -0.15) is 10.2 Å². The molecule has 0 unspecified atom stereocenters. The average Bonchev–Trinajstić information content (AvgIpc) is 1.71. The summed E-state index contributed by atoms with van der Waals surface area (Å²) in [4.78, 5) is 86.8. The van der Waals surface area contributed by atoms with Gasteiger partial charge in [-0.3, -0.25) is 33.8 Å². The lowest BCUT2D eigenvalue weighted by molar-refractivity contribution is -0.121. The third-order valence-corrected chi connectivity index (χ3v) is 15.8.